The van der Waals surface area contributed by atoms with Crippen LogP contribution in [0.2, 0.25) is 0 Å². The maximum atomic E-state index is 12.4. The smallest absolute Gasteiger partial charge is 0.246 e. The molecule has 0 radical (unpaired) electrons. The van der Waals surface area contributed by atoms with Gasteiger partial charge in [0.25, 0.3) is 0 Å². The van der Waals surface area contributed by atoms with Crippen molar-refractivity contribution in [2.75, 3.05) is 33.3 Å². The predicted molar refractivity (Wildman–Crippen MR) is 107 cm³/mol. The van der Waals surface area contributed by atoms with Gasteiger partial charge in [0, 0.05) is 38.8 Å². The molecule has 1 saturated heterocycles. The molecule has 1 aliphatic heterocycles. The van der Waals surface area contributed by atoms with Gasteiger partial charge in [-0.1, -0.05) is 35.9 Å². The van der Waals surface area contributed by atoms with Crippen molar-refractivity contribution in [3.8, 4) is 11.5 Å². The van der Waals surface area contributed by atoms with Gasteiger partial charge in [-0.2, -0.15) is 0 Å². The van der Waals surface area contributed by atoms with Crippen LogP contribution in [0.1, 0.15) is 16.7 Å². The minimum absolute atomic E-state index is 0.0113. The maximum absolute atomic E-state index is 12.4. The number of carbonyl (C=O) groups excluding carboxylic acids is 1. The molecule has 142 valence electrons. The summed E-state index contributed by atoms with van der Waals surface area (Å²) in [6.07, 6.45) is 3.34. The number of rotatable bonds is 5. The monoisotopic (exact) mass is 366 g/mol. The molecule has 5 heteroatoms. The molecule has 27 heavy (non-hydrogen) atoms. The van der Waals surface area contributed by atoms with Gasteiger partial charge < -0.3 is 14.7 Å². The number of benzene rings is 2. The lowest BCUT2D eigenvalue weighted by Crippen LogP contribution is -2.47. The van der Waals surface area contributed by atoms with E-state index in [1.165, 1.54) is 18.2 Å². The lowest BCUT2D eigenvalue weighted by Gasteiger charge is -2.34. The Hall–Kier alpha value is -2.79. The third kappa shape index (κ3) is 5.11. The summed E-state index contributed by atoms with van der Waals surface area (Å²) in [5, 5.41) is 9.63. The third-order valence-electron chi connectivity index (χ3n) is 4.79. The highest BCUT2D eigenvalue weighted by Gasteiger charge is 2.19. The molecule has 2 aromatic rings. The Labute approximate surface area is 160 Å². The molecule has 0 bridgehead atoms. The fraction of sp³-hybridized carbons (Fsp3) is 0.318. The number of aryl methyl sites for hydroxylation is 1. The Morgan fingerprint density at radius 1 is 1.15 bits per heavy atom. The number of piperazine rings is 1. The lowest BCUT2D eigenvalue weighted by molar-refractivity contribution is -0.127. The van der Waals surface area contributed by atoms with Crippen LogP contribution in [0.5, 0.6) is 11.5 Å². The van der Waals surface area contributed by atoms with Crippen molar-refractivity contribution in [3.63, 3.8) is 0 Å². The first-order valence-corrected chi connectivity index (χ1v) is 9.17. The van der Waals surface area contributed by atoms with E-state index >= 15 is 0 Å². The zero-order valence-corrected chi connectivity index (χ0v) is 15.9. The predicted octanol–water partition coefficient (Wildman–Crippen LogP) is 3.07. The first kappa shape index (κ1) is 19.0. The van der Waals surface area contributed by atoms with Crippen molar-refractivity contribution in [2.45, 2.75) is 13.5 Å². The number of phenols is 1. The first-order chi connectivity index (χ1) is 13.0. The average Bonchev–Trinajstić information content (AvgIpc) is 2.67. The third-order valence-corrected chi connectivity index (χ3v) is 4.79. The minimum Gasteiger partial charge on any atom is -0.504 e. The lowest BCUT2D eigenvalue weighted by atomic mass is 10.1. The Balaban J connectivity index is 1.52. The second-order valence-electron chi connectivity index (χ2n) is 6.86. The highest BCUT2D eigenvalue weighted by molar-refractivity contribution is 5.92. The molecule has 1 heterocycles. The highest BCUT2D eigenvalue weighted by Crippen LogP contribution is 2.26. The van der Waals surface area contributed by atoms with E-state index in [2.05, 4.69) is 36.1 Å². The fourth-order valence-corrected chi connectivity index (χ4v) is 3.27. The number of ether oxygens (including phenoxy) is 1. The van der Waals surface area contributed by atoms with Crippen molar-refractivity contribution in [2.24, 2.45) is 0 Å². The number of nitrogens with zero attached hydrogens (tertiary/aromatic N) is 2. The Morgan fingerprint density at radius 3 is 2.63 bits per heavy atom. The molecule has 0 spiro atoms. The van der Waals surface area contributed by atoms with E-state index in [1.807, 2.05) is 4.90 Å². The van der Waals surface area contributed by atoms with Gasteiger partial charge in [0.1, 0.15) is 0 Å². The first-order valence-electron chi connectivity index (χ1n) is 9.17. The molecule has 5 nitrogen and oxygen atoms in total. The van der Waals surface area contributed by atoms with Crippen LogP contribution in [0.3, 0.4) is 0 Å². The molecular weight excluding hydrogens is 340 g/mol. The quantitative estimate of drug-likeness (QED) is 0.827. The van der Waals surface area contributed by atoms with Crippen molar-refractivity contribution in [3.05, 3.63) is 65.2 Å². The van der Waals surface area contributed by atoms with E-state index in [0.29, 0.717) is 5.75 Å². The van der Waals surface area contributed by atoms with Crippen molar-refractivity contribution in [1.82, 2.24) is 9.80 Å². The molecule has 0 unspecified atom stereocenters. The summed E-state index contributed by atoms with van der Waals surface area (Å²) >= 11 is 0. The van der Waals surface area contributed by atoms with Crippen molar-refractivity contribution >= 4 is 12.0 Å². The summed E-state index contributed by atoms with van der Waals surface area (Å²) in [5.41, 5.74) is 3.41. The molecule has 0 saturated carbocycles. The molecule has 0 aromatic heterocycles. The Kier molecular flexibility index (Phi) is 6.14. The van der Waals surface area contributed by atoms with E-state index in [-0.39, 0.29) is 11.7 Å². The van der Waals surface area contributed by atoms with E-state index in [9.17, 15) is 9.90 Å². The second kappa shape index (κ2) is 8.73. The van der Waals surface area contributed by atoms with E-state index < -0.39 is 0 Å². The van der Waals surface area contributed by atoms with Crippen LogP contribution in [0, 0.1) is 6.92 Å². The van der Waals surface area contributed by atoms with Crippen LogP contribution >= 0.6 is 0 Å². The largest absolute Gasteiger partial charge is 0.504 e. The Morgan fingerprint density at radius 2 is 1.93 bits per heavy atom. The molecule has 1 aliphatic rings. The molecule has 1 N–H and O–H groups in total. The van der Waals surface area contributed by atoms with Crippen LogP contribution in [-0.2, 0) is 11.3 Å². The number of methoxy groups -OCH3 is 1. The van der Waals surface area contributed by atoms with Gasteiger partial charge in [0.15, 0.2) is 11.5 Å². The van der Waals surface area contributed by atoms with Crippen LogP contribution in [-0.4, -0.2) is 54.1 Å². The number of aromatic hydroxyl groups is 1. The molecule has 3 rings (SSSR count). The standard InChI is InChI=1S/C22H26N2O3/c1-17-4-3-5-19(14-17)16-23-10-12-24(13-11-23)22(26)9-7-18-6-8-20(25)21(15-18)27-2/h3-9,14-15,25H,10-13,16H2,1-2H3/b9-7+. The molecule has 0 aliphatic carbocycles. The van der Waals surface area contributed by atoms with Gasteiger partial charge in [0.2, 0.25) is 5.91 Å². The molecule has 1 amide bonds. The molecule has 0 atom stereocenters. The average molecular weight is 366 g/mol. The van der Waals surface area contributed by atoms with Gasteiger partial charge in [-0.15, -0.1) is 0 Å². The minimum atomic E-state index is 0.0113. The summed E-state index contributed by atoms with van der Waals surface area (Å²) in [6.45, 7) is 6.24. The highest BCUT2D eigenvalue weighted by atomic mass is 16.5. The van der Waals surface area contributed by atoms with Crippen LogP contribution < -0.4 is 4.74 Å². The van der Waals surface area contributed by atoms with Crippen molar-refractivity contribution in [1.29, 1.82) is 0 Å². The van der Waals surface area contributed by atoms with E-state index in [0.717, 1.165) is 38.3 Å². The van der Waals surface area contributed by atoms with Gasteiger partial charge in [-0.3, -0.25) is 9.69 Å². The normalized spacial score (nSPS) is 15.3. The molecule has 2 aromatic carbocycles. The summed E-state index contributed by atoms with van der Waals surface area (Å²) in [5.74, 6) is 0.498. The van der Waals surface area contributed by atoms with Gasteiger partial charge >= 0.3 is 0 Å². The van der Waals surface area contributed by atoms with Gasteiger partial charge in [-0.25, -0.2) is 0 Å². The number of hydrogen-bond donors (Lipinski definition) is 1. The van der Waals surface area contributed by atoms with Crippen molar-refractivity contribution < 1.29 is 14.6 Å². The zero-order chi connectivity index (χ0) is 19.2. The molecular formula is C22H26N2O3. The fourth-order valence-electron chi connectivity index (χ4n) is 3.27. The second-order valence-corrected chi connectivity index (χ2v) is 6.86. The summed E-state index contributed by atoms with van der Waals surface area (Å²) in [6, 6.07) is 13.6. The zero-order valence-electron chi connectivity index (χ0n) is 15.9. The number of hydrogen-bond acceptors (Lipinski definition) is 4. The summed E-state index contributed by atoms with van der Waals surface area (Å²) < 4.78 is 5.09. The van der Waals surface area contributed by atoms with Gasteiger partial charge in [0.05, 0.1) is 7.11 Å². The summed E-state index contributed by atoms with van der Waals surface area (Å²) in [7, 11) is 1.50. The van der Waals surface area contributed by atoms with Crippen LogP contribution in [0.15, 0.2) is 48.5 Å². The van der Waals surface area contributed by atoms with E-state index in [4.69, 9.17) is 4.74 Å². The maximum Gasteiger partial charge on any atom is 0.246 e. The topological polar surface area (TPSA) is 53.0 Å². The van der Waals surface area contributed by atoms with Crippen LogP contribution in [0.4, 0.5) is 0 Å². The van der Waals surface area contributed by atoms with Gasteiger partial charge in [-0.05, 0) is 36.3 Å². The van der Waals surface area contributed by atoms with E-state index in [1.54, 1.807) is 30.4 Å². The summed E-state index contributed by atoms with van der Waals surface area (Å²) in [4.78, 5) is 16.7. The Bertz CT molecular complexity index is 824. The number of carbonyl (C=O) groups is 1. The van der Waals surface area contributed by atoms with Crippen LogP contribution in [0.25, 0.3) is 6.08 Å². The number of phenolic OH excluding ortho intramolecular Hbond substituents is 1. The number of amides is 1. The molecule has 1 fully saturated rings. The SMILES string of the molecule is COc1cc(/C=C/C(=O)N2CCN(Cc3cccc(C)c3)CC2)ccc1O.